The Kier molecular flexibility index (Phi) is 4.67. The molecule has 50 heavy (non-hydrogen) atoms. The zero-order valence-corrected chi connectivity index (χ0v) is 26.2. The molecule has 0 atom stereocenters. The number of nitrogens with zero attached hydrogens (tertiary/aromatic N) is 4. The highest BCUT2D eigenvalue weighted by Gasteiger charge is 2.21. The standard InChI is InChI=1S/C45H28N4O/c1-3-14-29(15-4-1)43-46-44(30-16-5-2-6-17-30)48-45(47-43)31-26-27-34(36-21-13-22-37-35-20-9-12-25-41(35)50-42(36)37)40(28-31)49-38-23-10-7-18-32(38)33-19-8-11-24-39(33)49/h1-28H/i9D,13D,20D,21D,22D,25D,26D,27D,28D. The van der Waals surface area contributed by atoms with E-state index in [1.807, 2.05) is 109 Å². The molecule has 10 rings (SSSR count). The minimum absolute atomic E-state index is 0.0295. The summed E-state index contributed by atoms with van der Waals surface area (Å²) >= 11 is 0. The van der Waals surface area contributed by atoms with Crippen LogP contribution in [0.2, 0.25) is 0 Å². The lowest BCUT2D eigenvalue weighted by Crippen LogP contribution is -2.02. The molecule has 0 fully saturated rings. The van der Waals surface area contributed by atoms with Crippen molar-refractivity contribution in [2.75, 3.05) is 0 Å². The molecule has 0 aliphatic rings. The van der Waals surface area contributed by atoms with Crippen LogP contribution in [0.15, 0.2) is 174 Å². The van der Waals surface area contributed by atoms with Gasteiger partial charge in [-0.3, -0.25) is 0 Å². The summed E-state index contributed by atoms with van der Waals surface area (Å²) < 4.78 is 90.9. The largest absolute Gasteiger partial charge is 0.455 e. The van der Waals surface area contributed by atoms with Gasteiger partial charge in [0.05, 0.1) is 29.1 Å². The van der Waals surface area contributed by atoms with Gasteiger partial charge in [0.15, 0.2) is 17.5 Å². The van der Waals surface area contributed by atoms with Gasteiger partial charge in [-0.25, -0.2) is 15.0 Å². The Morgan fingerprint density at radius 1 is 0.460 bits per heavy atom. The lowest BCUT2D eigenvalue weighted by atomic mass is 9.98. The van der Waals surface area contributed by atoms with Gasteiger partial charge in [0.2, 0.25) is 0 Å². The molecule has 0 unspecified atom stereocenters. The summed E-state index contributed by atoms with van der Waals surface area (Å²) in [7, 11) is 0. The van der Waals surface area contributed by atoms with E-state index in [0.29, 0.717) is 22.2 Å². The summed E-state index contributed by atoms with van der Waals surface area (Å²) in [5.41, 5.74) is 2.05. The van der Waals surface area contributed by atoms with E-state index in [-0.39, 0.29) is 86.0 Å². The van der Waals surface area contributed by atoms with Gasteiger partial charge in [0.25, 0.3) is 0 Å². The number of benzene rings is 7. The molecule has 0 aliphatic carbocycles. The third kappa shape index (κ3) is 4.52. The second-order valence-corrected chi connectivity index (χ2v) is 11.7. The average Bonchev–Trinajstić information content (AvgIpc) is 3.82. The van der Waals surface area contributed by atoms with E-state index in [1.54, 1.807) is 4.57 Å². The van der Waals surface area contributed by atoms with Gasteiger partial charge in [-0.15, -0.1) is 0 Å². The molecule has 0 saturated carbocycles. The van der Waals surface area contributed by atoms with Crippen LogP contribution in [-0.4, -0.2) is 19.5 Å². The molecular weight excluding hydrogens is 613 g/mol. The summed E-state index contributed by atoms with van der Waals surface area (Å²) in [5, 5.41) is 1.55. The van der Waals surface area contributed by atoms with Crippen LogP contribution in [0, 0.1) is 0 Å². The smallest absolute Gasteiger partial charge is 0.164 e. The fraction of sp³-hybridized carbons (Fsp3) is 0. The van der Waals surface area contributed by atoms with Crippen molar-refractivity contribution in [1.29, 1.82) is 0 Å². The molecule has 5 heteroatoms. The lowest BCUT2D eigenvalue weighted by Gasteiger charge is -2.16. The van der Waals surface area contributed by atoms with Crippen LogP contribution in [0.4, 0.5) is 0 Å². The maximum absolute atomic E-state index is 10.2. The first-order valence-corrected chi connectivity index (χ1v) is 16.0. The van der Waals surface area contributed by atoms with Gasteiger partial charge in [-0.05, 0) is 24.2 Å². The monoisotopic (exact) mass is 649 g/mol. The first-order valence-electron chi connectivity index (χ1n) is 20.5. The number of fused-ring (bicyclic) bond motifs is 6. The number of para-hydroxylation sites is 4. The van der Waals surface area contributed by atoms with E-state index in [9.17, 15) is 5.48 Å². The molecule has 7 aromatic carbocycles. The quantitative estimate of drug-likeness (QED) is 0.186. The summed E-state index contributed by atoms with van der Waals surface area (Å²) in [5.74, 6) is 0.546. The highest BCUT2D eigenvalue weighted by molar-refractivity contribution is 6.12. The summed E-state index contributed by atoms with van der Waals surface area (Å²) in [6.07, 6.45) is 0. The molecule has 0 saturated heterocycles. The topological polar surface area (TPSA) is 56.7 Å². The number of aromatic nitrogens is 4. The molecule has 0 bridgehead atoms. The number of rotatable bonds is 5. The van der Waals surface area contributed by atoms with Crippen LogP contribution in [0.5, 0.6) is 0 Å². The molecule has 234 valence electrons. The zero-order valence-electron chi connectivity index (χ0n) is 35.2. The second kappa shape index (κ2) is 11.4. The van der Waals surface area contributed by atoms with Crippen molar-refractivity contribution < 1.29 is 16.8 Å². The van der Waals surface area contributed by atoms with Crippen LogP contribution < -0.4 is 0 Å². The summed E-state index contributed by atoms with van der Waals surface area (Å²) in [6.45, 7) is 0. The van der Waals surface area contributed by atoms with Gasteiger partial charge in [0.1, 0.15) is 11.2 Å². The molecule has 0 aliphatic heterocycles. The van der Waals surface area contributed by atoms with Crippen molar-refractivity contribution >= 4 is 43.7 Å². The molecule has 0 amide bonds. The Bertz CT molecular complexity index is 3280. The lowest BCUT2D eigenvalue weighted by molar-refractivity contribution is 0.670. The molecule has 0 radical (unpaired) electrons. The van der Waals surface area contributed by atoms with E-state index in [2.05, 4.69) is 0 Å². The molecule has 0 N–H and O–H groups in total. The highest BCUT2D eigenvalue weighted by atomic mass is 16.3. The van der Waals surface area contributed by atoms with E-state index in [1.165, 1.54) is 0 Å². The number of hydrogen-bond donors (Lipinski definition) is 0. The van der Waals surface area contributed by atoms with Crippen molar-refractivity contribution in [3.8, 4) is 51.0 Å². The maximum atomic E-state index is 10.2. The first-order chi connectivity index (χ1) is 28.5. The predicted molar refractivity (Wildman–Crippen MR) is 203 cm³/mol. The minimum Gasteiger partial charge on any atom is -0.455 e. The van der Waals surface area contributed by atoms with Crippen LogP contribution in [0.25, 0.3) is 94.7 Å². The first kappa shape index (κ1) is 20.5. The van der Waals surface area contributed by atoms with Crippen LogP contribution >= 0.6 is 0 Å². The molecule has 3 heterocycles. The van der Waals surface area contributed by atoms with Crippen LogP contribution in [0.3, 0.4) is 0 Å². The van der Waals surface area contributed by atoms with E-state index in [0.717, 1.165) is 16.8 Å². The van der Waals surface area contributed by atoms with Crippen molar-refractivity contribution in [1.82, 2.24) is 19.5 Å². The average molecular weight is 650 g/mol. The Balaban J connectivity index is 1.40. The predicted octanol–water partition coefficient (Wildman–Crippen LogP) is 11.5. The normalized spacial score (nSPS) is 14.1. The van der Waals surface area contributed by atoms with Crippen molar-refractivity contribution in [2.24, 2.45) is 0 Å². The SMILES string of the molecule is [2H]c1cc([2H])c2oc3c(-c4c([2H])c([2H])c(-c5nc(-c6ccccc6)nc(-c6ccccc6)n5)c([2H])c4-n4c5ccccc5c5ccccc54)c([2H])c([2H])c([2H])c3c2c1[2H]. The molecule has 5 nitrogen and oxygen atoms in total. The molecule has 0 spiro atoms. The second-order valence-electron chi connectivity index (χ2n) is 11.7. The van der Waals surface area contributed by atoms with Crippen molar-refractivity contribution in [3.63, 3.8) is 0 Å². The van der Waals surface area contributed by atoms with Crippen LogP contribution in [-0.2, 0) is 0 Å². The molecular formula is C45H28N4O. The van der Waals surface area contributed by atoms with Crippen molar-refractivity contribution in [2.45, 2.75) is 0 Å². The number of hydrogen-bond acceptors (Lipinski definition) is 4. The van der Waals surface area contributed by atoms with E-state index in [4.69, 9.17) is 26.2 Å². The van der Waals surface area contributed by atoms with E-state index >= 15 is 0 Å². The fourth-order valence-electron chi connectivity index (χ4n) is 6.49. The van der Waals surface area contributed by atoms with Crippen molar-refractivity contribution in [3.05, 3.63) is 170 Å². The maximum Gasteiger partial charge on any atom is 0.164 e. The Morgan fingerprint density at radius 2 is 1.04 bits per heavy atom. The summed E-state index contributed by atoms with van der Waals surface area (Å²) in [6, 6.07) is 31.3. The van der Waals surface area contributed by atoms with Gasteiger partial charge in [0, 0.05) is 49.4 Å². The van der Waals surface area contributed by atoms with Gasteiger partial charge < -0.3 is 8.98 Å². The van der Waals surface area contributed by atoms with Gasteiger partial charge in [-0.1, -0.05) is 145 Å². The van der Waals surface area contributed by atoms with Crippen LogP contribution in [0.1, 0.15) is 12.3 Å². The zero-order chi connectivity index (χ0) is 40.9. The van der Waals surface area contributed by atoms with Gasteiger partial charge in [-0.2, -0.15) is 0 Å². The van der Waals surface area contributed by atoms with Gasteiger partial charge >= 0.3 is 0 Å². The third-order valence-electron chi connectivity index (χ3n) is 8.75. The molecule has 10 aromatic rings. The Morgan fingerprint density at radius 3 is 1.70 bits per heavy atom. The minimum atomic E-state index is -0.552. The Labute approximate surface area is 300 Å². The highest BCUT2D eigenvalue weighted by Crippen LogP contribution is 2.42. The Hall–Kier alpha value is -6.85. The third-order valence-corrected chi connectivity index (χ3v) is 8.75. The number of furan rings is 1. The summed E-state index contributed by atoms with van der Waals surface area (Å²) in [4.78, 5) is 14.5. The van der Waals surface area contributed by atoms with E-state index < -0.39 is 30.2 Å². The fourth-order valence-corrected chi connectivity index (χ4v) is 6.49. The molecule has 3 aromatic heterocycles.